The van der Waals surface area contributed by atoms with Crippen LogP contribution in [-0.4, -0.2) is 36.5 Å². The van der Waals surface area contributed by atoms with Gasteiger partial charge in [0.1, 0.15) is 10.8 Å². The number of fused-ring (bicyclic) bond motifs is 1. The van der Waals surface area contributed by atoms with Crippen LogP contribution in [0.5, 0.6) is 5.75 Å². The number of benzene rings is 2. The summed E-state index contributed by atoms with van der Waals surface area (Å²) in [5.41, 5.74) is 2.16. The van der Waals surface area contributed by atoms with Crippen molar-refractivity contribution in [1.82, 2.24) is 10.3 Å². The first-order valence-electron chi connectivity index (χ1n) is 9.03. The van der Waals surface area contributed by atoms with E-state index in [-0.39, 0.29) is 24.8 Å². The van der Waals surface area contributed by atoms with E-state index in [2.05, 4.69) is 10.3 Å². The van der Waals surface area contributed by atoms with Gasteiger partial charge in [0.15, 0.2) is 6.10 Å². The van der Waals surface area contributed by atoms with Crippen molar-refractivity contribution in [1.29, 1.82) is 0 Å². The number of ether oxygens (including phenoxy) is 1. The van der Waals surface area contributed by atoms with E-state index in [9.17, 15) is 9.59 Å². The van der Waals surface area contributed by atoms with Crippen LogP contribution in [0.25, 0.3) is 10.6 Å². The molecule has 2 amide bonds. The predicted molar refractivity (Wildman–Crippen MR) is 114 cm³/mol. The van der Waals surface area contributed by atoms with Crippen LogP contribution in [0.2, 0.25) is 5.02 Å². The molecule has 2 heterocycles. The lowest BCUT2D eigenvalue weighted by atomic mass is 10.1. The van der Waals surface area contributed by atoms with Gasteiger partial charge in [-0.2, -0.15) is 0 Å². The monoisotopic (exact) mass is 427 g/mol. The molecule has 0 saturated carbocycles. The van der Waals surface area contributed by atoms with Crippen LogP contribution < -0.4 is 15.0 Å². The van der Waals surface area contributed by atoms with Crippen molar-refractivity contribution in [2.75, 3.05) is 18.5 Å². The lowest BCUT2D eigenvalue weighted by molar-refractivity contribution is -0.127. The molecule has 1 N–H and O–H groups in total. The molecule has 0 radical (unpaired) electrons. The molecule has 1 aliphatic rings. The summed E-state index contributed by atoms with van der Waals surface area (Å²) in [5, 5.41) is 5.82. The summed E-state index contributed by atoms with van der Waals surface area (Å²) < 4.78 is 5.76. The van der Waals surface area contributed by atoms with E-state index in [4.69, 9.17) is 16.3 Å². The number of thiazole rings is 1. The molecular formula is C21H18ClN3O3S. The van der Waals surface area contributed by atoms with E-state index in [0.717, 1.165) is 10.6 Å². The van der Waals surface area contributed by atoms with E-state index in [1.54, 1.807) is 18.0 Å². The zero-order chi connectivity index (χ0) is 20.4. The molecule has 4 rings (SSSR count). The molecule has 6 nitrogen and oxygen atoms in total. The second-order valence-corrected chi connectivity index (χ2v) is 7.76. The fraction of sp³-hybridized carbons (Fsp3) is 0.190. The number of para-hydroxylation sites is 2. The number of likely N-dealkylation sites (N-methyl/N-ethyl adjacent to an activating group) is 1. The average Bonchev–Trinajstić information content (AvgIpc) is 3.20. The number of carbonyl (C=O) groups is 2. The van der Waals surface area contributed by atoms with Crippen molar-refractivity contribution in [2.45, 2.75) is 12.5 Å². The van der Waals surface area contributed by atoms with Crippen molar-refractivity contribution in [3.05, 3.63) is 64.6 Å². The number of rotatable bonds is 4. The Morgan fingerprint density at radius 2 is 2.00 bits per heavy atom. The maximum absolute atomic E-state index is 13.1. The van der Waals surface area contributed by atoms with E-state index in [0.29, 0.717) is 22.2 Å². The number of nitrogens with one attached hydrogen (secondary N) is 1. The average molecular weight is 428 g/mol. The topological polar surface area (TPSA) is 71.5 Å². The van der Waals surface area contributed by atoms with Crippen LogP contribution in [0.1, 0.15) is 5.69 Å². The standard InChI is InChI=1S/C21H18ClN3O3S/c1-23-20(27)18-11-25(16-8-4-5-9-17(16)28-18)19(26)10-13-12-29-21(24-13)14-6-2-3-7-15(14)22/h2-9,12,18H,10-11H2,1H3,(H,23,27). The van der Waals surface area contributed by atoms with Gasteiger partial charge in [-0.05, 0) is 18.2 Å². The van der Waals surface area contributed by atoms with Gasteiger partial charge < -0.3 is 15.0 Å². The predicted octanol–water partition coefficient (Wildman–Crippen LogP) is 3.55. The van der Waals surface area contributed by atoms with Crippen LogP contribution in [0.15, 0.2) is 53.9 Å². The van der Waals surface area contributed by atoms with E-state index in [1.807, 2.05) is 47.8 Å². The van der Waals surface area contributed by atoms with E-state index < -0.39 is 6.10 Å². The third-order valence-corrected chi connectivity index (χ3v) is 5.86. The molecule has 148 valence electrons. The molecule has 0 spiro atoms. The third kappa shape index (κ3) is 3.97. The molecule has 0 bridgehead atoms. The van der Waals surface area contributed by atoms with Crippen LogP contribution in [-0.2, 0) is 16.0 Å². The third-order valence-electron chi connectivity index (χ3n) is 4.60. The SMILES string of the molecule is CNC(=O)C1CN(C(=O)Cc2csc(-c3ccccc3Cl)n2)c2ccccc2O1. The Labute approximate surface area is 177 Å². The molecule has 29 heavy (non-hydrogen) atoms. The lowest BCUT2D eigenvalue weighted by Crippen LogP contribution is -2.50. The maximum atomic E-state index is 13.1. The van der Waals surface area contributed by atoms with Crippen molar-refractivity contribution >= 4 is 40.4 Å². The number of halogens is 1. The van der Waals surface area contributed by atoms with Gasteiger partial charge in [0.25, 0.3) is 5.91 Å². The Balaban J connectivity index is 1.57. The van der Waals surface area contributed by atoms with Crippen LogP contribution in [0.4, 0.5) is 5.69 Å². The number of hydrogen-bond acceptors (Lipinski definition) is 5. The Hall–Kier alpha value is -2.90. The minimum Gasteiger partial charge on any atom is -0.477 e. The zero-order valence-corrected chi connectivity index (χ0v) is 17.2. The first kappa shape index (κ1) is 19.4. The van der Waals surface area contributed by atoms with Gasteiger partial charge >= 0.3 is 0 Å². The molecule has 8 heteroatoms. The molecule has 3 aromatic rings. The summed E-state index contributed by atoms with van der Waals surface area (Å²) in [6.07, 6.45) is -0.636. The van der Waals surface area contributed by atoms with Crippen molar-refractivity contribution in [2.24, 2.45) is 0 Å². The molecule has 1 aliphatic heterocycles. The van der Waals surface area contributed by atoms with Gasteiger partial charge in [-0.3, -0.25) is 9.59 Å². The number of amides is 2. The smallest absolute Gasteiger partial charge is 0.262 e. The van der Waals surface area contributed by atoms with Gasteiger partial charge in [-0.1, -0.05) is 41.9 Å². The highest BCUT2D eigenvalue weighted by Crippen LogP contribution is 2.34. The number of anilines is 1. The molecule has 1 aromatic heterocycles. The molecule has 0 saturated heterocycles. The maximum Gasteiger partial charge on any atom is 0.262 e. The molecule has 0 fully saturated rings. The highest BCUT2D eigenvalue weighted by Gasteiger charge is 2.33. The molecule has 1 atom stereocenters. The number of aromatic nitrogens is 1. The highest BCUT2D eigenvalue weighted by atomic mass is 35.5. The summed E-state index contributed by atoms with van der Waals surface area (Å²) in [6, 6.07) is 14.7. The second-order valence-electron chi connectivity index (χ2n) is 6.49. The summed E-state index contributed by atoms with van der Waals surface area (Å²) in [4.78, 5) is 31.3. The largest absolute Gasteiger partial charge is 0.477 e. The minimum atomic E-state index is -0.757. The summed E-state index contributed by atoms with van der Waals surface area (Å²) in [6.45, 7) is 0.150. The van der Waals surface area contributed by atoms with Crippen LogP contribution in [0, 0.1) is 0 Å². The summed E-state index contributed by atoms with van der Waals surface area (Å²) >= 11 is 7.70. The van der Waals surface area contributed by atoms with Gasteiger partial charge in [0.2, 0.25) is 5.91 Å². The number of nitrogens with zero attached hydrogens (tertiary/aromatic N) is 2. The van der Waals surface area contributed by atoms with Gasteiger partial charge in [0, 0.05) is 18.0 Å². The normalized spacial score (nSPS) is 15.4. The summed E-state index contributed by atoms with van der Waals surface area (Å²) in [7, 11) is 1.55. The van der Waals surface area contributed by atoms with Crippen LogP contribution in [0.3, 0.4) is 0 Å². The molecular weight excluding hydrogens is 410 g/mol. The molecule has 0 aliphatic carbocycles. The Morgan fingerprint density at radius 3 is 2.79 bits per heavy atom. The fourth-order valence-electron chi connectivity index (χ4n) is 3.16. The van der Waals surface area contributed by atoms with E-state index in [1.165, 1.54) is 11.3 Å². The van der Waals surface area contributed by atoms with Gasteiger partial charge in [-0.25, -0.2) is 4.98 Å². The van der Waals surface area contributed by atoms with Crippen molar-refractivity contribution in [3.63, 3.8) is 0 Å². The van der Waals surface area contributed by atoms with Gasteiger partial charge in [0.05, 0.1) is 29.4 Å². The Bertz CT molecular complexity index is 1070. The minimum absolute atomic E-state index is 0.121. The molecule has 2 aromatic carbocycles. The van der Waals surface area contributed by atoms with Crippen molar-refractivity contribution in [3.8, 4) is 16.3 Å². The number of carbonyl (C=O) groups excluding carboxylic acids is 2. The quantitative estimate of drug-likeness (QED) is 0.691. The Kier molecular flexibility index (Phi) is 5.51. The first-order valence-corrected chi connectivity index (χ1v) is 10.3. The first-order chi connectivity index (χ1) is 14.1. The van der Waals surface area contributed by atoms with Gasteiger partial charge in [-0.15, -0.1) is 11.3 Å². The van der Waals surface area contributed by atoms with E-state index >= 15 is 0 Å². The van der Waals surface area contributed by atoms with Crippen LogP contribution >= 0.6 is 22.9 Å². The molecule has 1 unspecified atom stereocenters. The lowest BCUT2D eigenvalue weighted by Gasteiger charge is -2.34. The number of hydrogen-bond donors (Lipinski definition) is 1. The second kappa shape index (κ2) is 8.23. The zero-order valence-electron chi connectivity index (χ0n) is 15.6. The van der Waals surface area contributed by atoms with Crippen molar-refractivity contribution < 1.29 is 14.3 Å². The highest BCUT2D eigenvalue weighted by molar-refractivity contribution is 7.13. The fourth-order valence-corrected chi connectivity index (χ4v) is 4.30. The Morgan fingerprint density at radius 1 is 1.24 bits per heavy atom. The summed E-state index contributed by atoms with van der Waals surface area (Å²) in [5.74, 6) is 0.0911.